The van der Waals surface area contributed by atoms with Crippen LogP contribution in [0.3, 0.4) is 0 Å². The Labute approximate surface area is 103 Å². The molecular formula is C10H7F6NO2. The van der Waals surface area contributed by atoms with Crippen molar-refractivity contribution in [3.05, 3.63) is 28.8 Å². The maximum atomic E-state index is 13.0. The predicted molar refractivity (Wildman–Crippen MR) is 50.1 cm³/mol. The van der Waals surface area contributed by atoms with E-state index in [1.807, 2.05) is 0 Å². The van der Waals surface area contributed by atoms with Gasteiger partial charge in [-0.2, -0.15) is 17.6 Å². The van der Waals surface area contributed by atoms with Crippen molar-refractivity contribution in [1.29, 1.82) is 0 Å². The van der Waals surface area contributed by atoms with Crippen molar-refractivity contribution in [3.8, 4) is 0 Å². The molecule has 0 atom stereocenters. The van der Waals surface area contributed by atoms with Gasteiger partial charge >= 0.3 is 12.1 Å². The standard InChI is InChI=1S/C10H7F6NO2/c1-2-19-9(18)4-3-5(10(14,15)16)8(13)17-6(4)7(11)12/h3,7H,2H2,1H3. The summed E-state index contributed by atoms with van der Waals surface area (Å²) in [5.41, 5.74) is -4.39. The number of ether oxygens (including phenoxy) is 1. The van der Waals surface area contributed by atoms with Gasteiger partial charge in [0.15, 0.2) is 0 Å². The van der Waals surface area contributed by atoms with Gasteiger partial charge in [0.1, 0.15) is 11.3 Å². The Morgan fingerprint density at radius 2 is 2.00 bits per heavy atom. The summed E-state index contributed by atoms with van der Waals surface area (Å²) in [4.78, 5) is 13.8. The second-order valence-electron chi connectivity index (χ2n) is 3.28. The molecule has 9 heteroatoms. The van der Waals surface area contributed by atoms with Crippen LogP contribution < -0.4 is 0 Å². The minimum atomic E-state index is -5.15. The Hall–Kier alpha value is -1.80. The first kappa shape index (κ1) is 15.3. The largest absolute Gasteiger partial charge is 0.462 e. The number of hydrogen-bond acceptors (Lipinski definition) is 3. The van der Waals surface area contributed by atoms with Crippen molar-refractivity contribution in [2.24, 2.45) is 0 Å². The van der Waals surface area contributed by atoms with E-state index in [1.165, 1.54) is 6.92 Å². The van der Waals surface area contributed by atoms with Crippen LogP contribution in [0.25, 0.3) is 0 Å². The number of hydrogen-bond donors (Lipinski definition) is 0. The lowest BCUT2D eigenvalue weighted by atomic mass is 10.1. The summed E-state index contributed by atoms with van der Waals surface area (Å²) >= 11 is 0. The van der Waals surface area contributed by atoms with Crippen LogP contribution in [-0.2, 0) is 10.9 Å². The van der Waals surface area contributed by atoms with Crippen molar-refractivity contribution in [1.82, 2.24) is 4.98 Å². The highest BCUT2D eigenvalue weighted by atomic mass is 19.4. The molecule has 1 aromatic heterocycles. The summed E-state index contributed by atoms with van der Waals surface area (Å²) in [5.74, 6) is -3.54. The maximum Gasteiger partial charge on any atom is 0.420 e. The van der Waals surface area contributed by atoms with Gasteiger partial charge in [0.05, 0.1) is 12.2 Å². The van der Waals surface area contributed by atoms with Gasteiger partial charge in [0.2, 0.25) is 5.95 Å². The van der Waals surface area contributed by atoms with Crippen LogP contribution in [0.15, 0.2) is 6.07 Å². The Kier molecular flexibility index (Phi) is 4.38. The van der Waals surface area contributed by atoms with Crippen molar-refractivity contribution in [2.45, 2.75) is 19.5 Å². The number of halogens is 6. The van der Waals surface area contributed by atoms with E-state index in [2.05, 4.69) is 9.72 Å². The van der Waals surface area contributed by atoms with E-state index < -0.39 is 41.3 Å². The average Bonchev–Trinajstić information content (AvgIpc) is 2.26. The zero-order valence-corrected chi connectivity index (χ0v) is 9.39. The number of carbonyl (C=O) groups excluding carboxylic acids is 1. The Morgan fingerprint density at radius 1 is 1.42 bits per heavy atom. The molecule has 0 amide bonds. The third-order valence-electron chi connectivity index (χ3n) is 2.01. The first-order chi connectivity index (χ1) is 8.68. The second kappa shape index (κ2) is 5.45. The highest BCUT2D eigenvalue weighted by Crippen LogP contribution is 2.33. The fourth-order valence-corrected chi connectivity index (χ4v) is 1.24. The van der Waals surface area contributed by atoms with Crippen molar-refractivity contribution in [3.63, 3.8) is 0 Å². The van der Waals surface area contributed by atoms with Gasteiger partial charge < -0.3 is 4.74 Å². The third kappa shape index (κ3) is 3.36. The van der Waals surface area contributed by atoms with Crippen LogP contribution in [0.5, 0.6) is 0 Å². The molecule has 0 radical (unpaired) electrons. The lowest BCUT2D eigenvalue weighted by molar-refractivity contribution is -0.140. The minimum absolute atomic E-state index is 0.0260. The zero-order chi connectivity index (χ0) is 14.8. The number of carbonyl (C=O) groups is 1. The lowest BCUT2D eigenvalue weighted by Gasteiger charge is -2.12. The van der Waals surface area contributed by atoms with E-state index in [9.17, 15) is 31.1 Å². The molecule has 0 fully saturated rings. The molecule has 19 heavy (non-hydrogen) atoms. The highest BCUT2D eigenvalue weighted by molar-refractivity contribution is 5.91. The molecule has 0 saturated carbocycles. The van der Waals surface area contributed by atoms with E-state index in [-0.39, 0.29) is 12.7 Å². The van der Waals surface area contributed by atoms with Gasteiger partial charge in [-0.25, -0.2) is 18.6 Å². The lowest BCUT2D eigenvalue weighted by Crippen LogP contribution is -2.17. The molecule has 1 rings (SSSR count). The van der Waals surface area contributed by atoms with Gasteiger partial charge in [-0.05, 0) is 13.0 Å². The summed E-state index contributed by atoms with van der Waals surface area (Å²) in [5, 5.41) is 0. The van der Waals surface area contributed by atoms with Crippen LogP contribution in [0.4, 0.5) is 26.3 Å². The molecule has 3 nitrogen and oxygen atoms in total. The molecular weight excluding hydrogens is 280 g/mol. The molecule has 0 aliphatic heterocycles. The first-order valence-electron chi connectivity index (χ1n) is 4.91. The summed E-state index contributed by atoms with van der Waals surface area (Å²) in [7, 11) is 0. The highest BCUT2D eigenvalue weighted by Gasteiger charge is 2.38. The minimum Gasteiger partial charge on any atom is -0.462 e. The predicted octanol–water partition coefficient (Wildman–Crippen LogP) is 3.35. The van der Waals surface area contributed by atoms with Gasteiger partial charge in [0.25, 0.3) is 6.43 Å². The molecule has 1 aromatic rings. The van der Waals surface area contributed by atoms with Crippen molar-refractivity contribution < 1.29 is 35.9 Å². The van der Waals surface area contributed by atoms with E-state index in [0.717, 1.165) is 0 Å². The van der Waals surface area contributed by atoms with Gasteiger partial charge in [-0.1, -0.05) is 0 Å². The number of nitrogens with zero attached hydrogens (tertiary/aromatic N) is 1. The maximum absolute atomic E-state index is 13.0. The quantitative estimate of drug-likeness (QED) is 0.486. The molecule has 0 aromatic carbocycles. The van der Waals surface area contributed by atoms with Crippen LogP contribution in [0.1, 0.15) is 35.0 Å². The summed E-state index contributed by atoms with van der Waals surface area (Å²) in [6, 6.07) is -0.0260. The van der Waals surface area contributed by atoms with Crippen molar-refractivity contribution in [2.75, 3.05) is 6.61 Å². The van der Waals surface area contributed by atoms with Crippen molar-refractivity contribution >= 4 is 5.97 Å². The van der Waals surface area contributed by atoms with Crippen LogP contribution in [-0.4, -0.2) is 17.6 Å². The molecule has 1 heterocycles. The van der Waals surface area contributed by atoms with Gasteiger partial charge in [-0.15, -0.1) is 0 Å². The van der Waals surface area contributed by atoms with Crippen LogP contribution >= 0.6 is 0 Å². The Balaban J connectivity index is 3.44. The molecule has 106 valence electrons. The molecule has 0 unspecified atom stereocenters. The number of aromatic nitrogens is 1. The summed E-state index contributed by atoms with van der Waals surface area (Å²) < 4.78 is 79.6. The monoisotopic (exact) mass is 287 g/mol. The van der Waals surface area contributed by atoms with Gasteiger partial charge in [0, 0.05) is 0 Å². The number of alkyl halides is 5. The van der Waals surface area contributed by atoms with E-state index in [1.54, 1.807) is 0 Å². The average molecular weight is 287 g/mol. The molecule has 0 spiro atoms. The number of esters is 1. The molecule has 0 N–H and O–H groups in total. The van der Waals surface area contributed by atoms with E-state index in [0.29, 0.717) is 0 Å². The van der Waals surface area contributed by atoms with Crippen LogP contribution in [0, 0.1) is 5.95 Å². The zero-order valence-electron chi connectivity index (χ0n) is 9.39. The molecule has 0 aliphatic carbocycles. The smallest absolute Gasteiger partial charge is 0.420 e. The second-order valence-corrected chi connectivity index (χ2v) is 3.28. The Bertz CT molecular complexity index is 486. The summed E-state index contributed by atoms with van der Waals surface area (Å²) in [6.07, 6.45) is -8.56. The van der Waals surface area contributed by atoms with E-state index in [4.69, 9.17) is 0 Å². The van der Waals surface area contributed by atoms with E-state index >= 15 is 0 Å². The topological polar surface area (TPSA) is 39.2 Å². The Morgan fingerprint density at radius 3 is 2.42 bits per heavy atom. The normalized spacial score (nSPS) is 11.8. The molecule has 0 bridgehead atoms. The molecule has 0 saturated heterocycles. The van der Waals surface area contributed by atoms with Gasteiger partial charge in [-0.3, -0.25) is 0 Å². The fourth-order valence-electron chi connectivity index (χ4n) is 1.24. The third-order valence-corrected chi connectivity index (χ3v) is 2.01. The number of rotatable bonds is 3. The molecule has 0 aliphatic rings. The fraction of sp³-hybridized carbons (Fsp3) is 0.400. The number of pyridine rings is 1. The first-order valence-corrected chi connectivity index (χ1v) is 4.91. The SMILES string of the molecule is CCOC(=O)c1cc(C(F)(F)F)c(F)nc1C(F)F. The van der Waals surface area contributed by atoms with Crippen LogP contribution in [0.2, 0.25) is 0 Å². The summed E-state index contributed by atoms with van der Waals surface area (Å²) in [6.45, 7) is 1.10.